The zero-order valence-electron chi connectivity index (χ0n) is 17.6. The van der Waals surface area contributed by atoms with Crippen LogP contribution in [0.15, 0.2) is 48.5 Å². The van der Waals surface area contributed by atoms with E-state index in [4.69, 9.17) is 9.47 Å². The van der Waals surface area contributed by atoms with Gasteiger partial charge in [-0.1, -0.05) is 36.4 Å². The second kappa shape index (κ2) is 8.29. The van der Waals surface area contributed by atoms with Crippen LogP contribution in [0.5, 0.6) is 11.5 Å². The third kappa shape index (κ3) is 3.93. The van der Waals surface area contributed by atoms with Crippen LogP contribution in [0.3, 0.4) is 0 Å². The van der Waals surface area contributed by atoms with Gasteiger partial charge in [-0.15, -0.1) is 0 Å². The Kier molecular flexibility index (Phi) is 5.54. The Bertz CT molecular complexity index is 1010. The molecule has 8 heteroatoms. The largest absolute Gasteiger partial charge is 0.486 e. The summed E-state index contributed by atoms with van der Waals surface area (Å²) >= 11 is 0. The van der Waals surface area contributed by atoms with Gasteiger partial charge in [0.1, 0.15) is 25.3 Å². The summed E-state index contributed by atoms with van der Waals surface area (Å²) in [5, 5.41) is 2.74. The molecule has 0 aromatic heterocycles. The van der Waals surface area contributed by atoms with Gasteiger partial charge in [0, 0.05) is 13.1 Å². The topological polar surface area (TPSA) is 88.2 Å². The number of nitrogens with zero attached hydrogens (tertiary/aromatic N) is 2. The summed E-state index contributed by atoms with van der Waals surface area (Å²) in [4.78, 5) is 41.3. The Morgan fingerprint density at radius 2 is 1.81 bits per heavy atom. The van der Waals surface area contributed by atoms with Crippen LogP contribution in [-0.2, 0) is 21.7 Å². The predicted octanol–water partition coefficient (Wildman–Crippen LogP) is 2.27. The Morgan fingerprint density at radius 3 is 2.52 bits per heavy atom. The first-order chi connectivity index (χ1) is 14.9. The Hall–Kier alpha value is -3.55. The highest BCUT2D eigenvalue weighted by Crippen LogP contribution is 2.36. The quantitative estimate of drug-likeness (QED) is 0.720. The lowest BCUT2D eigenvalue weighted by molar-refractivity contribution is -0.139. The summed E-state index contributed by atoms with van der Waals surface area (Å²) < 4.78 is 11.1. The number of carbonyl (C=O) groups is 3. The first kappa shape index (κ1) is 20.7. The summed E-state index contributed by atoms with van der Waals surface area (Å²) in [5.41, 5.74) is 0.265. The number of nitrogens with one attached hydrogen (secondary N) is 1. The third-order valence-electron chi connectivity index (χ3n) is 5.64. The average Bonchev–Trinajstić information content (AvgIpc) is 3.01. The van der Waals surface area contributed by atoms with Crippen molar-refractivity contribution in [2.45, 2.75) is 25.9 Å². The Labute approximate surface area is 180 Å². The summed E-state index contributed by atoms with van der Waals surface area (Å²) in [5.74, 6) is 0.364. The van der Waals surface area contributed by atoms with Crippen molar-refractivity contribution in [3.05, 3.63) is 59.7 Å². The van der Waals surface area contributed by atoms with Crippen molar-refractivity contribution in [3.8, 4) is 11.5 Å². The van der Waals surface area contributed by atoms with E-state index in [1.807, 2.05) is 37.3 Å². The van der Waals surface area contributed by atoms with E-state index in [-0.39, 0.29) is 12.5 Å². The van der Waals surface area contributed by atoms with Crippen LogP contribution in [0.4, 0.5) is 4.79 Å². The van der Waals surface area contributed by atoms with Crippen molar-refractivity contribution in [1.29, 1.82) is 0 Å². The van der Waals surface area contributed by atoms with E-state index in [9.17, 15) is 14.4 Å². The maximum atomic E-state index is 13.2. The van der Waals surface area contributed by atoms with Crippen molar-refractivity contribution in [2.24, 2.45) is 0 Å². The van der Waals surface area contributed by atoms with Crippen LogP contribution in [-0.4, -0.2) is 53.9 Å². The number of amides is 4. The highest BCUT2D eigenvalue weighted by atomic mass is 16.6. The van der Waals surface area contributed by atoms with E-state index in [0.29, 0.717) is 43.4 Å². The standard InChI is InChI=1S/C23H25N3O5/c1-3-25(14-16-7-5-4-6-8-16)20(27)15-26-21(28)23(2,24-22(26)29)17-9-10-18-19(13-17)31-12-11-30-18/h4-10,13H,3,11-12,14-15H2,1-2H3,(H,24,29). The van der Waals surface area contributed by atoms with Crippen LogP contribution >= 0.6 is 0 Å². The van der Waals surface area contributed by atoms with Crippen LogP contribution in [0.2, 0.25) is 0 Å². The van der Waals surface area contributed by atoms with Gasteiger partial charge >= 0.3 is 6.03 Å². The van der Waals surface area contributed by atoms with Gasteiger partial charge in [-0.05, 0) is 37.1 Å². The zero-order valence-corrected chi connectivity index (χ0v) is 17.6. The fourth-order valence-electron chi connectivity index (χ4n) is 3.81. The van der Waals surface area contributed by atoms with Gasteiger partial charge in [-0.2, -0.15) is 0 Å². The smallest absolute Gasteiger partial charge is 0.325 e. The van der Waals surface area contributed by atoms with Crippen molar-refractivity contribution < 1.29 is 23.9 Å². The third-order valence-corrected chi connectivity index (χ3v) is 5.64. The fraction of sp³-hybridized carbons (Fsp3) is 0.348. The molecule has 1 fully saturated rings. The van der Waals surface area contributed by atoms with Crippen molar-refractivity contribution in [2.75, 3.05) is 26.3 Å². The molecule has 31 heavy (non-hydrogen) atoms. The molecule has 1 N–H and O–H groups in total. The molecule has 0 spiro atoms. The number of hydrogen-bond acceptors (Lipinski definition) is 5. The molecule has 2 aromatic carbocycles. The number of urea groups is 1. The van der Waals surface area contributed by atoms with Crippen LogP contribution in [0.25, 0.3) is 0 Å². The van der Waals surface area contributed by atoms with Crippen molar-refractivity contribution in [1.82, 2.24) is 15.1 Å². The van der Waals surface area contributed by atoms with E-state index >= 15 is 0 Å². The number of hydrogen-bond donors (Lipinski definition) is 1. The van der Waals surface area contributed by atoms with Gasteiger partial charge in [-0.25, -0.2) is 4.79 Å². The van der Waals surface area contributed by atoms with E-state index in [2.05, 4.69) is 5.32 Å². The van der Waals surface area contributed by atoms with Crippen LogP contribution in [0.1, 0.15) is 25.0 Å². The average molecular weight is 423 g/mol. The summed E-state index contributed by atoms with van der Waals surface area (Å²) in [7, 11) is 0. The maximum Gasteiger partial charge on any atom is 0.325 e. The van der Waals surface area contributed by atoms with Crippen LogP contribution in [0, 0.1) is 0 Å². The number of carbonyl (C=O) groups excluding carboxylic acids is 3. The number of rotatable bonds is 6. The lowest BCUT2D eigenvalue weighted by Crippen LogP contribution is -2.44. The molecule has 1 saturated heterocycles. The Morgan fingerprint density at radius 1 is 1.10 bits per heavy atom. The first-order valence-corrected chi connectivity index (χ1v) is 10.3. The summed E-state index contributed by atoms with van der Waals surface area (Å²) in [6.07, 6.45) is 0. The van der Waals surface area contributed by atoms with Crippen molar-refractivity contribution in [3.63, 3.8) is 0 Å². The maximum absolute atomic E-state index is 13.2. The molecular formula is C23H25N3O5. The highest BCUT2D eigenvalue weighted by Gasteiger charge is 2.50. The second-order valence-electron chi connectivity index (χ2n) is 7.70. The van der Waals surface area contributed by atoms with Gasteiger partial charge in [0.05, 0.1) is 0 Å². The van der Waals surface area contributed by atoms with Gasteiger partial charge in [0.25, 0.3) is 5.91 Å². The van der Waals surface area contributed by atoms with Crippen LogP contribution < -0.4 is 14.8 Å². The number of fused-ring (bicyclic) bond motifs is 1. The Balaban J connectivity index is 1.50. The second-order valence-corrected chi connectivity index (χ2v) is 7.70. The van der Waals surface area contributed by atoms with E-state index in [1.165, 1.54) is 0 Å². The normalized spacial score (nSPS) is 19.9. The first-order valence-electron chi connectivity index (χ1n) is 10.3. The van der Waals surface area contributed by atoms with Gasteiger partial charge in [-0.3, -0.25) is 14.5 Å². The number of likely N-dealkylation sites (N-methyl/N-ethyl adjacent to an activating group) is 1. The molecule has 0 radical (unpaired) electrons. The molecule has 2 aliphatic heterocycles. The molecule has 0 aliphatic carbocycles. The van der Waals surface area contributed by atoms with Gasteiger partial charge in [0.2, 0.25) is 5.91 Å². The van der Waals surface area contributed by atoms with E-state index < -0.39 is 17.5 Å². The molecule has 4 amide bonds. The molecule has 0 bridgehead atoms. The molecule has 4 rings (SSSR count). The molecule has 1 unspecified atom stereocenters. The minimum atomic E-state index is -1.29. The molecule has 2 aromatic rings. The lowest BCUT2D eigenvalue weighted by Gasteiger charge is -2.26. The van der Waals surface area contributed by atoms with Gasteiger partial charge < -0.3 is 19.7 Å². The monoisotopic (exact) mass is 423 g/mol. The van der Waals surface area contributed by atoms with Crippen molar-refractivity contribution >= 4 is 17.8 Å². The SMILES string of the molecule is CCN(Cc1ccccc1)C(=O)CN1C(=O)NC(C)(c2ccc3c(c2)OCCO3)C1=O. The zero-order chi connectivity index (χ0) is 22.0. The molecule has 1 atom stereocenters. The number of imide groups is 1. The summed E-state index contributed by atoms with van der Waals surface area (Å²) in [6, 6.07) is 14.1. The number of ether oxygens (including phenoxy) is 2. The van der Waals surface area contributed by atoms with Gasteiger partial charge in [0.15, 0.2) is 11.5 Å². The molecule has 0 saturated carbocycles. The molecule has 2 heterocycles. The minimum Gasteiger partial charge on any atom is -0.486 e. The number of benzene rings is 2. The minimum absolute atomic E-state index is 0.290. The molecule has 162 valence electrons. The molecule has 8 nitrogen and oxygen atoms in total. The summed E-state index contributed by atoms with van der Waals surface area (Å²) in [6.45, 7) is 4.95. The fourth-order valence-corrected chi connectivity index (χ4v) is 3.81. The lowest BCUT2D eigenvalue weighted by atomic mass is 9.91. The predicted molar refractivity (Wildman–Crippen MR) is 113 cm³/mol. The molecule has 2 aliphatic rings. The van der Waals surface area contributed by atoms with E-state index in [0.717, 1.165) is 10.5 Å². The van der Waals surface area contributed by atoms with E-state index in [1.54, 1.807) is 30.0 Å². The molecular weight excluding hydrogens is 398 g/mol. The highest BCUT2D eigenvalue weighted by molar-refractivity contribution is 6.09.